The van der Waals surface area contributed by atoms with Gasteiger partial charge in [0.25, 0.3) is 5.89 Å². The number of Topliss-reactive ketones (excluding diaryl/α,β-unsaturated/α-hetero) is 1. The standard InChI is InChI=1S/C23H18N2O4/c1-27-19-11-9-18(10-12-19)23-24-22(25-29-23)17-7-13-20(14-8-17)28-15-21(26)16-5-3-2-4-6-16/h2-14H,15H2,1H3. The number of hydrogen-bond donors (Lipinski definition) is 0. The highest BCUT2D eigenvalue weighted by molar-refractivity contribution is 5.97. The number of rotatable bonds is 7. The molecular formula is C23H18N2O4. The number of carbonyl (C=O) groups excluding carboxylic acids is 1. The van der Waals surface area contributed by atoms with Gasteiger partial charge in [-0.05, 0) is 48.5 Å². The van der Waals surface area contributed by atoms with Crippen LogP contribution >= 0.6 is 0 Å². The van der Waals surface area contributed by atoms with E-state index in [0.717, 1.165) is 16.9 Å². The summed E-state index contributed by atoms with van der Waals surface area (Å²) in [6.07, 6.45) is 0. The van der Waals surface area contributed by atoms with Crippen LogP contribution in [0, 0.1) is 0 Å². The molecule has 1 heterocycles. The van der Waals surface area contributed by atoms with Crippen LogP contribution in [-0.2, 0) is 0 Å². The Morgan fingerprint density at radius 3 is 2.21 bits per heavy atom. The van der Waals surface area contributed by atoms with Gasteiger partial charge in [-0.1, -0.05) is 35.5 Å². The molecule has 0 bridgehead atoms. The quantitative estimate of drug-likeness (QED) is 0.430. The van der Waals surface area contributed by atoms with Crippen LogP contribution in [0.3, 0.4) is 0 Å². The van der Waals surface area contributed by atoms with Crippen LogP contribution in [0.5, 0.6) is 11.5 Å². The molecule has 0 aliphatic heterocycles. The monoisotopic (exact) mass is 386 g/mol. The SMILES string of the molecule is COc1ccc(-c2nc(-c3ccc(OCC(=O)c4ccccc4)cc3)no2)cc1. The van der Waals surface area contributed by atoms with Crippen LogP contribution in [-0.4, -0.2) is 29.6 Å². The van der Waals surface area contributed by atoms with Crippen molar-refractivity contribution in [3.63, 3.8) is 0 Å². The number of ether oxygens (including phenoxy) is 2. The highest BCUT2D eigenvalue weighted by Gasteiger charge is 2.11. The predicted octanol–water partition coefficient (Wildman–Crippen LogP) is 4.67. The Hall–Kier alpha value is -3.93. The Balaban J connectivity index is 1.41. The summed E-state index contributed by atoms with van der Waals surface area (Å²) in [5.74, 6) is 2.18. The molecule has 3 aromatic carbocycles. The van der Waals surface area contributed by atoms with Gasteiger partial charge in [0.05, 0.1) is 7.11 Å². The zero-order chi connectivity index (χ0) is 20.1. The van der Waals surface area contributed by atoms with E-state index in [1.165, 1.54) is 0 Å². The van der Waals surface area contributed by atoms with Crippen molar-refractivity contribution in [1.29, 1.82) is 0 Å². The first kappa shape index (κ1) is 18.4. The van der Waals surface area contributed by atoms with E-state index in [2.05, 4.69) is 10.1 Å². The largest absolute Gasteiger partial charge is 0.497 e. The minimum atomic E-state index is -0.0722. The molecule has 0 aliphatic carbocycles. The average Bonchev–Trinajstić information content (AvgIpc) is 3.29. The summed E-state index contributed by atoms with van der Waals surface area (Å²) in [5.41, 5.74) is 2.22. The molecule has 0 saturated heterocycles. The third kappa shape index (κ3) is 4.32. The fraction of sp³-hybridized carbons (Fsp3) is 0.0870. The van der Waals surface area contributed by atoms with Gasteiger partial charge in [-0.3, -0.25) is 4.79 Å². The Morgan fingerprint density at radius 2 is 1.52 bits per heavy atom. The van der Waals surface area contributed by atoms with Gasteiger partial charge in [0, 0.05) is 16.7 Å². The summed E-state index contributed by atoms with van der Waals surface area (Å²) in [6, 6.07) is 23.6. The maximum Gasteiger partial charge on any atom is 0.258 e. The van der Waals surface area contributed by atoms with Crippen molar-refractivity contribution in [3.8, 4) is 34.3 Å². The number of ketones is 1. The first-order chi connectivity index (χ1) is 14.2. The molecule has 0 spiro atoms. The number of carbonyl (C=O) groups is 1. The molecule has 144 valence electrons. The Labute approximate surface area is 167 Å². The molecule has 4 aromatic rings. The molecule has 0 amide bonds. The molecule has 0 saturated carbocycles. The van der Waals surface area contributed by atoms with Gasteiger partial charge in [-0.15, -0.1) is 0 Å². The third-order valence-corrected chi connectivity index (χ3v) is 4.34. The van der Waals surface area contributed by atoms with Crippen molar-refractivity contribution >= 4 is 5.78 Å². The van der Waals surface area contributed by atoms with E-state index >= 15 is 0 Å². The van der Waals surface area contributed by atoms with Gasteiger partial charge in [-0.2, -0.15) is 4.98 Å². The molecule has 0 aliphatic rings. The van der Waals surface area contributed by atoms with Gasteiger partial charge in [-0.25, -0.2) is 0 Å². The molecule has 4 rings (SSSR count). The van der Waals surface area contributed by atoms with E-state index in [1.54, 1.807) is 31.4 Å². The summed E-state index contributed by atoms with van der Waals surface area (Å²) in [7, 11) is 1.62. The van der Waals surface area contributed by atoms with E-state index < -0.39 is 0 Å². The van der Waals surface area contributed by atoms with Gasteiger partial charge in [0.2, 0.25) is 5.82 Å². The summed E-state index contributed by atoms with van der Waals surface area (Å²) in [4.78, 5) is 16.6. The zero-order valence-corrected chi connectivity index (χ0v) is 15.7. The van der Waals surface area contributed by atoms with E-state index in [1.807, 2.05) is 54.6 Å². The number of methoxy groups -OCH3 is 1. The maximum absolute atomic E-state index is 12.1. The first-order valence-electron chi connectivity index (χ1n) is 9.02. The van der Waals surface area contributed by atoms with Crippen molar-refractivity contribution in [1.82, 2.24) is 10.1 Å². The Kier molecular flexibility index (Phi) is 5.33. The van der Waals surface area contributed by atoms with E-state index in [9.17, 15) is 4.79 Å². The first-order valence-corrected chi connectivity index (χ1v) is 9.02. The molecule has 1 aromatic heterocycles. The Morgan fingerprint density at radius 1 is 0.862 bits per heavy atom. The summed E-state index contributed by atoms with van der Waals surface area (Å²) < 4.78 is 16.1. The van der Waals surface area contributed by atoms with Crippen LogP contribution < -0.4 is 9.47 Å². The summed E-state index contributed by atoms with van der Waals surface area (Å²) in [6.45, 7) is -0.0206. The normalized spacial score (nSPS) is 10.5. The molecule has 6 heteroatoms. The molecule has 0 fully saturated rings. The molecule has 0 N–H and O–H groups in total. The lowest BCUT2D eigenvalue weighted by Gasteiger charge is -2.06. The highest BCUT2D eigenvalue weighted by atomic mass is 16.5. The second kappa shape index (κ2) is 8.39. The van der Waals surface area contributed by atoms with E-state index in [-0.39, 0.29) is 12.4 Å². The third-order valence-electron chi connectivity index (χ3n) is 4.34. The lowest BCUT2D eigenvalue weighted by molar-refractivity contribution is 0.0921. The Bertz CT molecular complexity index is 1090. The predicted molar refractivity (Wildman–Crippen MR) is 108 cm³/mol. The minimum absolute atomic E-state index is 0.0206. The van der Waals surface area contributed by atoms with Crippen LogP contribution in [0.2, 0.25) is 0 Å². The van der Waals surface area contributed by atoms with Crippen molar-refractivity contribution < 1.29 is 18.8 Å². The van der Waals surface area contributed by atoms with Gasteiger partial charge < -0.3 is 14.0 Å². The van der Waals surface area contributed by atoms with Crippen molar-refractivity contribution in [2.24, 2.45) is 0 Å². The zero-order valence-electron chi connectivity index (χ0n) is 15.7. The lowest BCUT2D eigenvalue weighted by Crippen LogP contribution is -2.11. The van der Waals surface area contributed by atoms with Crippen LogP contribution in [0.25, 0.3) is 22.8 Å². The topological polar surface area (TPSA) is 74.5 Å². The number of nitrogens with zero attached hydrogens (tertiary/aromatic N) is 2. The highest BCUT2D eigenvalue weighted by Crippen LogP contribution is 2.25. The molecular weight excluding hydrogens is 368 g/mol. The number of hydrogen-bond acceptors (Lipinski definition) is 6. The van der Waals surface area contributed by atoms with E-state index in [0.29, 0.717) is 23.0 Å². The van der Waals surface area contributed by atoms with Gasteiger partial charge in [0.1, 0.15) is 11.5 Å². The minimum Gasteiger partial charge on any atom is -0.497 e. The second-order valence-electron chi connectivity index (χ2n) is 6.25. The average molecular weight is 386 g/mol. The van der Waals surface area contributed by atoms with E-state index in [4.69, 9.17) is 14.0 Å². The summed E-state index contributed by atoms with van der Waals surface area (Å²) in [5, 5.41) is 4.04. The molecule has 0 radical (unpaired) electrons. The number of aromatic nitrogens is 2. The van der Waals surface area contributed by atoms with Crippen molar-refractivity contribution in [2.45, 2.75) is 0 Å². The maximum atomic E-state index is 12.1. The van der Waals surface area contributed by atoms with Crippen molar-refractivity contribution in [3.05, 3.63) is 84.4 Å². The molecule has 0 atom stereocenters. The summed E-state index contributed by atoms with van der Waals surface area (Å²) >= 11 is 0. The van der Waals surface area contributed by atoms with Crippen LogP contribution in [0.4, 0.5) is 0 Å². The van der Waals surface area contributed by atoms with Crippen molar-refractivity contribution in [2.75, 3.05) is 13.7 Å². The molecule has 6 nitrogen and oxygen atoms in total. The lowest BCUT2D eigenvalue weighted by atomic mass is 10.1. The van der Waals surface area contributed by atoms with Crippen LogP contribution in [0.15, 0.2) is 83.4 Å². The fourth-order valence-electron chi connectivity index (χ4n) is 2.75. The smallest absolute Gasteiger partial charge is 0.258 e. The molecule has 0 unspecified atom stereocenters. The van der Waals surface area contributed by atoms with Gasteiger partial charge in [0.15, 0.2) is 12.4 Å². The fourth-order valence-corrected chi connectivity index (χ4v) is 2.75. The van der Waals surface area contributed by atoms with Crippen LogP contribution in [0.1, 0.15) is 10.4 Å². The number of benzene rings is 3. The van der Waals surface area contributed by atoms with Gasteiger partial charge >= 0.3 is 0 Å². The molecule has 29 heavy (non-hydrogen) atoms. The second-order valence-corrected chi connectivity index (χ2v) is 6.25.